The first kappa shape index (κ1) is 11.1. The quantitative estimate of drug-likeness (QED) is 0.714. The summed E-state index contributed by atoms with van der Waals surface area (Å²) in [7, 11) is 0. The molecule has 86 valence electrons. The van der Waals surface area contributed by atoms with Crippen molar-refractivity contribution < 1.29 is 9.18 Å². The number of rotatable bonds is 1. The van der Waals surface area contributed by atoms with Gasteiger partial charge in [-0.3, -0.25) is 4.79 Å². The minimum Gasteiger partial charge on any atom is -0.312 e. The highest BCUT2D eigenvalue weighted by Crippen LogP contribution is 2.29. The van der Waals surface area contributed by atoms with E-state index in [-0.39, 0.29) is 17.6 Å². The van der Waals surface area contributed by atoms with Crippen molar-refractivity contribution in [3.63, 3.8) is 0 Å². The molecular weight excluding hydrogens is 205 g/mol. The zero-order valence-corrected chi connectivity index (χ0v) is 9.66. The van der Waals surface area contributed by atoms with Crippen molar-refractivity contribution in [3.8, 4) is 0 Å². The molecule has 0 atom stereocenters. The Bertz CT molecular complexity index is 414. The standard InChI is InChI=1S/C13H16FNO/c1-9(2)13(16)15-8-4-5-10-11(14)6-3-7-12(10)15/h3,6-7,9H,4-5,8H2,1-2H3. The molecule has 0 aromatic heterocycles. The molecule has 1 heterocycles. The van der Waals surface area contributed by atoms with Crippen molar-refractivity contribution in [1.29, 1.82) is 0 Å². The molecule has 0 saturated heterocycles. The summed E-state index contributed by atoms with van der Waals surface area (Å²) in [6, 6.07) is 4.96. The van der Waals surface area contributed by atoms with E-state index in [1.165, 1.54) is 6.07 Å². The van der Waals surface area contributed by atoms with Gasteiger partial charge in [0.05, 0.1) is 0 Å². The summed E-state index contributed by atoms with van der Waals surface area (Å²) in [5, 5.41) is 0. The van der Waals surface area contributed by atoms with E-state index in [1.807, 2.05) is 19.9 Å². The molecule has 3 heteroatoms. The molecule has 0 bridgehead atoms. The van der Waals surface area contributed by atoms with Crippen molar-refractivity contribution in [1.82, 2.24) is 0 Å². The highest BCUT2D eigenvalue weighted by Gasteiger charge is 2.25. The fourth-order valence-electron chi connectivity index (χ4n) is 2.12. The van der Waals surface area contributed by atoms with E-state index in [9.17, 15) is 9.18 Å². The molecule has 1 amide bonds. The van der Waals surface area contributed by atoms with E-state index >= 15 is 0 Å². The van der Waals surface area contributed by atoms with Gasteiger partial charge in [0.25, 0.3) is 0 Å². The number of hydrogen-bond acceptors (Lipinski definition) is 1. The Labute approximate surface area is 95.1 Å². The monoisotopic (exact) mass is 221 g/mol. The first-order valence-electron chi connectivity index (χ1n) is 5.70. The van der Waals surface area contributed by atoms with E-state index in [4.69, 9.17) is 0 Å². The molecule has 16 heavy (non-hydrogen) atoms. The lowest BCUT2D eigenvalue weighted by atomic mass is 9.99. The maximum atomic E-state index is 13.6. The number of halogens is 1. The second-order valence-corrected chi connectivity index (χ2v) is 4.49. The maximum absolute atomic E-state index is 13.6. The Morgan fingerprint density at radius 3 is 2.88 bits per heavy atom. The molecule has 0 spiro atoms. The zero-order chi connectivity index (χ0) is 11.7. The summed E-state index contributed by atoms with van der Waals surface area (Å²) < 4.78 is 13.6. The van der Waals surface area contributed by atoms with Gasteiger partial charge in [0.1, 0.15) is 5.82 Å². The lowest BCUT2D eigenvalue weighted by molar-refractivity contribution is -0.121. The molecule has 1 aliphatic rings. The summed E-state index contributed by atoms with van der Waals surface area (Å²) in [5.41, 5.74) is 1.44. The van der Waals surface area contributed by atoms with E-state index in [2.05, 4.69) is 0 Å². The van der Waals surface area contributed by atoms with Crippen LogP contribution in [-0.4, -0.2) is 12.5 Å². The number of anilines is 1. The van der Waals surface area contributed by atoms with Gasteiger partial charge < -0.3 is 4.90 Å². The number of carbonyl (C=O) groups excluding carboxylic acids is 1. The van der Waals surface area contributed by atoms with Crippen LogP contribution >= 0.6 is 0 Å². The number of amides is 1. The summed E-state index contributed by atoms with van der Waals surface area (Å²) in [4.78, 5) is 13.7. The van der Waals surface area contributed by atoms with Crippen molar-refractivity contribution >= 4 is 11.6 Å². The summed E-state index contributed by atoms with van der Waals surface area (Å²) in [6.07, 6.45) is 1.57. The van der Waals surface area contributed by atoms with Crippen molar-refractivity contribution in [3.05, 3.63) is 29.6 Å². The van der Waals surface area contributed by atoms with E-state index in [0.717, 1.165) is 18.5 Å². The Morgan fingerprint density at radius 1 is 1.44 bits per heavy atom. The molecule has 0 unspecified atom stereocenters. The molecule has 0 aliphatic carbocycles. The summed E-state index contributed by atoms with van der Waals surface area (Å²) in [5.74, 6) is -0.167. The van der Waals surface area contributed by atoms with Crippen LogP contribution < -0.4 is 4.90 Å². The molecule has 0 saturated carbocycles. The molecule has 0 radical (unpaired) electrons. The van der Waals surface area contributed by atoms with Crippen LogP contribution in [0, 0.1) is 11.7 Å². The van der Waals surface area contributed by atoms with E-state index in [0.29, 0.717) is 12.1 Å². The van der Waals surface area contributed by atoms with Gasteiger partial charge in [-0.15, -0.1) is 0 Å². The van der Waals surface area contributed by atoms with Crippen LogP contribution in [0.15, 0.2) is 18.2 Å². The largest absolute Gasteiger partial charge is 0.312 e. The fraction of sp³-hybridized carbons (Fsp3) is 0.462. The van der Waals surface area contributed by atoms with Crippen molar-refractivity contribution in [2.24, 2.45) is 5.92 Å². The van der Waals surface area contributed by atoms with Crippen LogP contribution in [0.25, 0.3) is 0 Å². The number of carbonyl (C=O) groups is 1. The molecule has 2 nitrogen and oxygen atoms in total. The second kappa shape index (κ2) is 4.24. The van der Waals surface area contributed by atoms with Crippen LogP contribution in [0.1, 0.15) is 25.8 Å². The van der Waals surface area contributed by atoms with Crippen LogP contribution in [-0.2, 0) is 11.2 Å². The first-order valence-corrected chi connectivity index (χ1v) is 5.70. The van der Waals surface area contributed by atoms with Gasteiger partial charge >= 0.3 is 0 Å². The normalized spacial score (nSPS) is 15.1. The first-order chi connectivity index (χ1) is 7.61. The predicted octanol–water partition coefficient (Wildman–Crippen LogP) is 2.76. The molecule has 2 rings (SSSR count). The van der Waals surface area contributed by atoms with Crippen LogP contribution in [0.2, 0.25) is 0 Å². The van der Waals surface area contributed by atoms with Crippen molar-refractivity contribution in [2.45, 2.75) is 26.7 Å². The van der Waals surface area contributed by atoms with Gasteiger partial charge in [0.2, 0.25) is 5.91 Å². The number of benzene rings is 1. The van der Waals surface area contributed by atoms with Gasteiger partial charge in [-0.1, -0.05) is 19.9 Å². The van der Waals surface area contributed by atoms with Crippen LogP contribution in [0.4, 0.5) is 10.1 Å². The Balaban J connectivity index is 2.41. The Hall–Kier alpha value is -1.38. The molecule has 0 N–H and O–H groups in total. The Kier molecular flexibility index (Phi) is 2.95. The number of hydrogen-bond donors (Lipinski definition) is 0. The van der Waals surface area contributed by atoms with Gasteiger partial charge in [-0.2, -0.15) is 0 Å². The average Bonchev–Trinajstić information content (AvgIpc) is 2.28. The number of nitrogens with zero attached hydrogens (tertiary/aromatic N) is 1. The highest BCUT2D eigenvalue weighted by atomic mass is 19.1. The van der Waals surface area contributed by atoms with Gasteiger partial charge in [-0.05, 0) is 25.0 Å². The molecule has 0 fully saturated rings. The second-order valence-electron chi connectivity index (χ2n) is 4.49. The summed E-state index contributed by atoms with van der Waals surface area (Å²) >= 11 is 0. The third-order valence-electron chi connectivity index (χ3n) is 2.95. The predicted molar refractivity (Wildman–Crippen MR) is 61.9 cm³/mol. The van der Waals surface area contributed by atoms with Gasteiger partial charge in [0, 0.05) is 23.7 Å². The molecule has 1 aromatic carbocycles. The van der Waals surface area contributed by atoms with E-state index in [1.54, 1.807) is 11.0 Å². The zero-order valence-electron chi connectivity index (χ0n) is 9.66. The third kappa shape index (κ3) is 1.82. The van der Waals surface area contributed by atoms with Crippen molar-refractivity contribution in [2.75, 3.05) is 11.4 Å². The molecular formula is C13H16FNO. The smallest absolute Gasteiger partial charge is 0.229 e. The highest BCUT2D eigenvalue weighted by molar-refractivity contribution is 5.95. The van der Waals surface area contributed by atoms with E-state index < -0.39 is 0 Å². The lowest BCUT2D eigenvalue weighted by Crippen LogP contribution is -2.38. The lowest BCUT2D eigenvalue weighted by Gasteiger charge is -2.30. The minimum atomic E-state index is -0.196. The molecule has 1 aromatic rings. The van der Waals surface area contributed by atoms with Crippen LogP contribution in [0.5, 0.6) is 0 Å². The maximum Gasteiger partial charge on any atom is 0.229 e. The van der Waals surface area contributed by atoms with Crippen LogP contribution in [0.3, 0.4) is 0 Å². The SMILES string of the molecule is CC(C)C(=O)N1CCCc2c(F)cccc21. The van der Waals surface area contributed by atoms with Gasteiger partial charge in [0.15, 0.2) is 0 Å². The Morgan fingerprint density at radius 2 is 2.19 bits per heavy atom. The average molecular weight is 221 g/mol. The summed E-state index contributed by atoms with van der Waals surface area (Å²) in [6.45, 7) is 4.44. The fourth-order valence-corrected chi connectivity index (χ4v) is 2.12. The minimum absolute atomic E-state index is 0.0470. The topological polar surface area (TPSA) is 20.3 Å². The molecule has 1 aliphatic heterocycles. The third-order valence-corrected chi connectivity index (χ3v) is 2.95. The number of fused-ring (bicyclic) bond motifs is 1. The van der Waals surface area contributed by atoms with Gasteiger partial charge in [-0.25, -0.2) is 4.39 Å².